The second-order valence-corrected chi connectivity index (χ2v) is 9.17. The second kappa shape index (κ2) is 9.68. The van der Waals surface area contributed by atoms with E-state index in [1.54, 1.807) is 11.8 Å². The summed E-state index contributed by atoms with van der Waals surface area (Å²) in [4.78, 5) is 16.3. The third-order valence-electron chi connectivity index (χ3n) is 5.85. The summed E-state index contributed by atoms with van der Waals surface area (Å²) in [6.07, 6.45) is 5.06. The molecular weight excluding hydrogens is 380 g/mol. The highest BCUT2D eigenvalue weighted by Crippen LogP contribution is 2.28. The summed E-state index contributed by atoms with van der Waals surface area (Å²) in [7, 11) is 0. The first kappa shape index (κ1) is 20.3. The van der Waals surface area contributed by atoms with Crippen molar-refractivity contribution in [3.8, 4) is 0 Å². The molecule has 0 aromatic heterocycles. The van der Waals surface area contributed by atoms with Gasteiger partial charge in [0.2, 0.25) is 0 Å². The number of nitrogens with zero attached hydrogens (tertiary/aromatic N) is 1. The lowest BCUT2D eigenvalue weighted by Gasteiger charge is -2.32. The molecule has 2 fully saturated rings. The molecule has 2 saturated heterocycles. The summed E-state index contributed by atoms with van der Waals surface area (Å²) < 4.78 is 5.71. The lowest BCUT2D eigenvalue weighted by Crippen LogP contribution is -2.32. The van der Waals surface area contributed by atoms with Crippen molar-refractivity contribution in [3.05, 3.63) is 54.1 Å². The summed E-state index contributed by atoms with van der Waals surface area (Å²) in [6, 6.07) is 16.1. The van der Waals surface area contributed by atoms with Crippen LogP contribution in [-0.2, 0) is 4.74 Å². The number of hydrogen-bond acceptors (Lipinski definition) is 4. The van der Waals surface area contributed by atoms with E-state index in [9.17, 15) is 4.79 Å². The number of ether oxygens (including phenoxy) is 1. The fourth-order valence-electron chi connectivity index (χ4n) is 3.96. The number of carbonyl (C=O) groups excluding carboxylic acids is 1. The molecule has 2 heterocycles. The normalized spacial score (nSPS) is 20.0. The van der Waals surface area contributed by atoms with Gasteiger partial charge in [0.1, 0.15) is 0 Å². The molecule has 154 valence electrons. The number of thioether (sulfide) groups is 1. The largest absolute Gasteiger partial charge is 0.377 e. The molecule has 0 aliphatic carbocycles. The fourth-order valence-corrected chi connectivity index (χ4v) is 5.08. The number of nitrogens with one attached hydrogen (secondary N) is 1. The van der Waals surface area contributed by atoms with Crippen molar-refractivity contribution in [2.45, 2.75) is 43.6 Å². The van der Waals surface area contributed by atoms with Crippen molar-refractivity contribution in [2.75, 3.05) is 35.7 Å². The van der Waals surface area contributed by atoms with Gasteiger partial charge in [0, 0.05) is 41.7 Å². The van der Waals surface area contributed by atoms with Crippen LogP contribution in [0.3, 0.4) is 0 Å². The Hall–Kier alpha value is -1.98. The number of anilines is 2. The van der Waals surface area contributed by atoms with Crippen LogP contribution in [0.4, 0.5) is 11.4 Å². The molecular formula is C24H30N2O2S. The second-order valence-electron chi connectivity index (χ2n) is 8.11. The Morgan fingerprint density at radius 2 is 1.86 bits per heavy atom. The smallest absolute Gasteiger partial charge is 0.256 e. The van der Waals surface area contributed by atoms with Crippen LogP contribution in [0.5, 0.6) is 0 Å². The first-order valence-corrected chi connectivity index (χ1v) is 11.7. The number of rotatable bonds is 6. The molecule has 4 nitrogen and oxygen atoms in total. The quantitative estimate of drug-likeness (QED) is 0.643. The van der Waals surface area contributed by atoms with Gasteiger partial charge in [0.05, 0.1) is 11.7 Å². The number of hydrogen-bond donors (Lipinski definition) is 1. The van der Waals surface area contributed by atoms with E-state index in [1.165, 1.54) is 18.5 Å². The standard InChI is InChI=1S/C24H30N2O2S/c1-18-12-14-26(15-13-18)20-10-8-19(9-11-20)25-24(27)22-6-2-3-7-23(22)29-17-21-5-4-16-28-21/h2-3,6-11,18,21H,4-5,12-17H2,1H3,(H,25,27)/t21-/m1/s1. The van der Waals surface area contributed by atoms with Crippen molar-refractivity contribution in [1.82, 2.24) is 0 Å². The van der Waals surface area contributed by atoms with Gasteiger partial charge >= 0.3 is 0 Å². The summed E-state index contributed by atoms with van der Waals surface area (Å²) in [6.45, 7) is 5.41. The highest BCUT2D eigenvalue weighted by atomic mass is 32.2. The molecule has 5 heteroatoms. The molecule has 0 spiro atoms. The zero-order chi connectivity index (χ0) is 20.1. The van der Waals surface area contributed by atoms with Gasteiger partial charge in [-0.15, -0.1) is 11.8 Å². The lowest BCUT2D eigenvalue weighted by molar-refractivity contribution is 0.102. The number of piperidine rings is 1. The van der Waals surface area contributed by atoms with Crippen LogP contribution in [0.2, 0.25) is 0 Å². The number of amides is 1. The molecule has 2 aromatic carbocycles. The molecule has 0 radical (unpaired) electrons. The molecule has 1 N–H and O–H groups in total. The van der Waals surface area contributed by atoms with Gasteiger partial charge in [-0.25, -0.2) is 0 Å². The molecule has 2 aromatic rings. The maximum atomic E-state index is 12.9. The van der Waals surface area contributed by atoms with Crippen LogP contribution in [0.1, 0.15) is 43.0 Å². The van der Waals surface area contributed by atoms with Gasteiger partial charge in [-0.2, -0.15) is 0 Å². The van der Waals surface area contributed by atoms with Crippen LogP contribution in [0.15, 0.2) is 53.4 Å². The Labute approximate surface area is 178 Å². The minimum Gasteiger partial charge on any atom is -0.377 e. The van der Waals surface area contributed by atoms with Crippen LogP contribution >= 0.6 is 11.8 Å². The highest BCUT2D eigenvalue weighted by molar-refractivity contribution is 7.99. The van der Waals surface area contributed by atoms with E-state index in [0.29, 0.717) is 6.10 Å². The van der Waals surface area contributed by atoms with Crippen LogP contribution in [-0.4, -0.2) is 37.5 Å². The topological polar surface area (TPSA) is 41.6 Å². The van der Waals surface area contributed by atoms with Crippen molar-refractivity contribution < 1.29 is 9.53 Å². The van der Waals surface area contributed by atoms with Gasteiger partial charge in [-0.3, -0.25) is 4.79 Å². The Bertz CT molecular complexity index is 810. The first-order valence-electron chi connectivity index (χ1n) is 10.7. The van der Waals surface area contributed by atoms with Gasteiger partial charge in [0.25, 0.3) is 5.91 Å². The molecule has 1 atom stereocenters. The van der Waals surface area contributed by atoms with Crippen molar-refractivity contribution in [3.63, 3.8) is 0 Å². The summed E-state index contributed by atoms with van der Waals surface area (Å²) in [5.41, 5.74) is 2.80. The van der Waals surface area contributed by atoms with E-state index in [-0.39, 0.29) is 5.91 Å². The molecule has 2 aliphatic heterocycles. The fraction of sp³-hybridized carbons (Fsp3) is 0.458. The third-order valence-corrected chi connectivity index (χ3v) is 7.06. The average Bonchev–Trinajstić information content (AvgIpc) is 3.27. The van der Waals surface area contributed by atoms with E-state index in [0.717, 1.165) is 60.4 Å². The molecule has 4 rings (SSSR count). The summed E-state index contributed by atoms with van der Waals surface area (Å²) in [5, 5.41) is 3.06. The van der Waals surface area contributed by atoms with E-state index < -0.39 is 0 Å². The van der Waals surface area contributed by atoms with Gasteiger partial charge in [-0.05, 0) is 68.0 Å². The van der Waals surface area contributed by atoms with Crippen molar-refractivity contribution >= 4 is 29.0 Å². The first-order chi connectivity index (χ1) is 14.2. The minimum atomic E-state index is -0.0556. The third kappa shape index (κ3) is 5.34. The zero-order valence-electron chi connectivity index (χ0n) is 17.1. The van der Waals surface area contributed by atoms with Crippen molar-refractivity contribution in [1.29, 1.82) is 0 Å². The highest BCUT2D eigenvalue weighted by Gasteiger charge is 2.19. The summed E-state index contributed by atoms with van der Waals surface area (Å²) >= 11 is 1.71. The maximum Gasteiger partial charge on any atom is 0.256 e. The van der Waals surface area contributed by atoms with Gasteiger partial charge < -0.3 is 15.0 Å². The molecule has 0 saturated carbocycles. The molecule has 1 amide bonds. The molecule has 2 aliphatic rings. The van der Waals surface area contributed by atoms with Gasteiger partial charge in [-0.1, -0.05) is 19.1 Å². The average molecular weight is 411 g/mol. The van der Waals surface area contributed by atoms with Crippen molar-refractivity contribution in [2.24, 2.45) is 5.92 Å². The maximum absolute atomic E-state index is 12.9. The minimum absolute atomic E-state index is 0.0556. The van der Waals surface area contributed by atoms with Crippen LogP contribution < -0.4 is 10.2 Å². The predicted octanol–water partition coefficient (Wildman–Crippen LogP) is 5.45. The van der Waals surface area contributed by atoms with Gasteiger partial charge in [0.15, 0.2) is 0 Å². The van der Waals surface area contributed by atoms with E-state index in [2.05, 4.69) is 29.3 Å². The molecule has 0 bridgehead atoms. The summed E-state index contributed by atoms with van der Waals surface area (Å²) in [5.74, 6) is 1.66. The lowest BCUT2D eigenvalue weighted by atomic mass is 9.99. The Balaban J connectivity index is 1.37. The van der Waals surface area contributed by atoms with E-state index in [1.807, 2.05) is 36.4 Å². The molecule has 0 unspecified atom stereocenters. The zero-order valence-corrected chi connectivity index (χ0v) is 17.9. The number of benzene rings is 2. The number of carbonyl (C=O) groups is 1. The van der Waals surface area contributed by atoms with E-state index in [4.69, 9.17) is 4.74 Å². The molecule has 29 heavy (non-hydrogen) atoms. The van der Waals surface area contributed by atoms with E-state index >= 15 is 0 Å². The Morgan fingerprint density at radius 3 is 2.59 bits per heavy atom. The predicted molar refractivity (Wildman–Crippen MR) is 121 cm³/mol. The van der Waals surface area contributed by atoms with Crippen LogP contribution in [0.25, 0.3) is 0 Å². The SMILES string of the molecule is CC1CCN(c2ccc(NC(=O)c3ccccc3SC[C@H]3CCCO3)cc2)CC1. The Kier molecular flexibility index (Phi) is 6.78. The van der Waals surface area contributed by atoms with Crippen LogP contribution in [0, 0.1) is 5.92 Å². The monoisotopic (exact) mass is 410 g/mol. The Morgan fingerprint density at radius 1 is 1.10 bits per heavy atom.